The first-order chi connectivity index (χ1) is 4.31. The van der Waals surface area contributed by atoms with Crippen molar-refractivity contribution in [1.29, 1.82) is 0 Å². The lowest BCUT2D eigenvalue weighted by Crippen LogP contribution is -1.65. The molecule has 0 atom stereocenters. The largest absolute Gasteiger partial charge is 0.299 e. The van der Waals surface area contributed by atoms with Crippen LogP contribution in [-0.4, -0.2) is 6.29 Å². The van der Waals surface area contributed by atoms with Gasteiger partial charge in [0.1, 0.15) is 6.29 Å². The topological polar surface area (TPSA) is 17.1 Å². The van der Waals surface area contributed by atoms with E-state index in [9.17, 15) is 4.79 Å². The molecule has 48 valence electrons. The summed E-state index contributed by atoms with van der Waals surface area (Å²) in [6.07, 6.45) is 7.45. The summed E-state index contributed by atoms with van der Waals surface area (Å²) in [6.45, 7) is 5.41. The average molecular weight is 122 g/mol. The standard InChI is InChI=1S/C8H10O/c1-3-5-8(2)6-4-7-9/h3-7H,1H2,2H3/b6-4-,8-5-. The Morgan fingerprint density at radius 2 is 2.22 bits per heavy atom. The zero-order chi connectivity index (χ0) is 7.11. The monoisotopic (exact) mass is 122 g/mol. The van der Waals surface area contributed by atoms with Crippen LogP contribution < -0.4 is 0 Å². The van der Waals surface area contributed by atoms with Crippen LogP contribution in [0.15, 0.2) is 36.5 Å². The Kier molecular flexibility index (Phi) is 4.41. The zero-order valence-corrected chi connectivity index (χ0v) is 5.50. The van der Waals surface area contributed by atoms with E-state index in [4.69, 9.17) is 0 Å². The maximum atomic E-state index is 9.77. The highest BCUT2D eigenvalue weighted by atomic mass is 16.1. The Labute approximate surface area is 55.4 Å². The third-order valence-electron chi connectivity index (χ3n) is 0.818. The van der Waals surface area contributed by atoms with Crippen LogP contribution in [0.1, 0.15) is 6.92 Å². The van der Waals surface area contributed by atoms with Gasteiger partial charge in [0.05, 0.1) is 0 Å². The van der Waals surface area contributed by atoms with E-state index in [1.54, 1.807) is 12.2 Å². The van der Waals surface area contributed by atoms with Gasteiger partial charge >= 0.3 is 0 Å². The Balaban J connectivity index is 3.88. The third kappa shape index (κ3) is 4.75. The number of hydrogen-bond donors (Lipinski definition) is 0. The molecule has 0 saturated heterocycles. The molecule has 1 nitrogen and oxygen atoms in total. The van der Waals surface area contributed by atoms with Crippen molar-refractivity contribution < 1.29 is 4.79 Å². The maximum absolute atomic E-state index is 9.77. The molecule has 0 heterocycles. The second kappa shape index (κ2) is 5.04. The fraction of sp³-hybridized carbons (Fsp3) is 0.125. The third-order valence-corrected chi connectivity index (χ3v) is 0.818. The molecule has 0 aromatic rings. The van der Waals surface area contributed by atoms with Crippen molar-refractivity contribution in [3.05, 3.63) is 36.5 Å². The average Bonchev–Trinajstić information content (AvgIpc) is 1.85. The highest BCUT2D eigenvalue weighted by Crippen LogP contribution is 1.92. The lowest BCUT2D eigenvalue weighted by Gasteiger charge is -1.82. The van der Waals surface area contributed by atoms with Crippen molar-refractivity contribution in [3.63, 3.8) is 0 Å². The summed E-state index contributed by atoms with van der Waals surface area (Å²) in [4.78, 5) is 9.77. The molecule has 0 N–H and O–H groups in total. The molecule has 0 amide bonds. The van der Waals surface area contributed by atoms with E-state index in [0.717, 1.165) is 11.9 Å². The van der Waals surface area contributed by atoms with E-state index in [1.807, 2.05) is 13.0 Å². The van der Waals surface area contributed by atoms with E-state index >= 15 is 0 Å². The van der Waals surface area contributed by atoms with Crippen LogP contribution >= 0.6 is 0 Å². The van der Waals surface area contributed by atoms with Gasteiger partial charge in [0.25, 0.3) is 0 Å². The normalized spacial score (nSPS) is 11.9. The summed E-state index contributed by atoms with van der Waals surface area (Å²) in [6, 6.07) is 0. The number of hydrogen-bond acceptors (Lipinski definition) is 1. The minimum absolute atomic E-state index is 0.750. The number of carbonyl (C=O) groups is 1. The van der Waals surface area contributed by atoms with E-state index in [2.05, 4.69) is 6.58 Å². The van der Waals surface area contributed by atoms with Gasteiger partial charge in [-0.2, -0.15) is 0 Å². The maximum Gasteiger partial charge on any atom is 0.142 e. The highest BCUT2D eigenvalue weighted by Gasteiger charge is 1.73. The molecule has 0 fully saturated rings. The van der Waals surface area contributed by atoms with Gasteiger partial charge in [0.15, 0.2) is 0 Å². The second-order valence-corrected chi connectivity index (χ2v) is 1.64. The summed E-state index contributed by atoms with van der Waals surface area (Å²) in [5, 5.41) is 0. The van der Waals surface area contributed by atoms with E-state index in [1.165, 1.54) is 6.08 Å². The minimum atomic E-state index is 0.750. The molecule has 0 unspecified atom stereocenters. The molecule has 0 radical (unpaired) electrons. The number of rotatable bonds is 3. The zero-order valence-electron chi connectivity index (χ0n) is 5.50. The molecule has 0 aliphatic rings. The lowest BCUT2D eigenvalue weighted by molar-refractivity contribution is -0.104. The van der Waals surface area contributed by atoms with Crippen LogP contribution in [0.4, 0.5) is 0 Å². The molecule has 0 spiro atoms. The first-order valence-corrected chi connectivity index (χ1v) is 2.72. The number of carbonyl (C=O) groups excluding carboxylic acids is 1. The fourth-order valence-electron chi connectivity index (χ4n) is 0.433. The van der Waals surface area contributed by atoms with Gasteiger partial charge in [-0.15, -0.1) is 0 Å². The first kappa shape index (κ1) is 7.89. The molecule has 1 heteroatoms. The SMILES string of the molecule is C=C/C=C(C)\C=C/C=O. The van der Waals surface area contributed by atoms with E-state index in [-0.39, 0.29) is 0 Å². The molecule has 0 aromatic carbocycles. The van der Waals surface area contributed by atoms with Gasteiger partial charge in [0, 0.05) is 0 Å². The summed E-state index contributed by atoms with van der Waals surface area (Å²) < 4.78 is 0. The molecule has 0 aliphatic carbocycles. The Morgan fingerprint density at radius 3 is 2.67 bits per heavy atom. The van der Waals surface area contributed by atoms with E-state index < -0.39 is 0 Å². The summed E-state index contributed by atoms with van der Waals surface area (Å²) >= 11 is 0. The number of aldehydes is 1. The number of allylic oxidation sites excluding steroid dienone is 5. The lowest BCUT2D eigenvalue weighted by atomic mass is 10.2. The molecule has 0 bridgehead atoms. The van der Waals surface area contributed by atoms with Crippen molar-refractivity contribution in [2.45, 2.75) is 6.92 Å². The van der Waals surface area contributed by atoms with Crippen LogP contribution in [-0.2, 0) is 4.79 Å². The molecule has 0 saturated carbocycles. The van der Waals surface area contributed by atoms with Crippen LogP contribution in [0.3, 0.4) is 0 Å². The Hall–Kier alpha value is -1.11. The van der Waals surface area contributed by atoms with Crippen LogP contribution in [0.2, 0.25) is 0 Å². The van der Waals surface area contributed by atoms with Gasteiger partial charge in [-0.25, -0.2) is 0 Å². The predicted molar refractivity (Wildman–Crippen MR) is 39.2 cm³/mol. The van der Waals surface area contributed by atoms with Gasteiger partial charge < -0.3 is 0 Å². The van der Waals surface area contributed by atoms with Crippen LogP contribution in [0.25, 0.3) is 0 Å². The summed E-state index contributed by atoms with van der Waals surface area (Å²) in [5.41, 5.74) is 1.03. The molecular formula is C8H10O. The van der Waals surface area contributed by atoms with Crippen molar-refractivity contribution in [2.24, 2.45) is 0 Å². The first-order valence-electron chi connectivity index (χ1n) is 2.72. The molecule has 9 heavy (non-hydrogen) atoms. The quantitative estimate of drug-likeness (QED) is 0.317. The Bertz CT molecular complexity index is 152. The molecule has 0 rings (SSSR count). The Morgan fingerprint density at radius 1 is 1.56 bits per heavy atom. The summed E-state index contributed by atoms with van der Waals surface area (Å²) in [7, 11) is 0. The van der Waals surface area contributed by atoms with Crippen molar-refractivity contribution >= 4 is 6.29 Å². The molecular weight excluding hydrogens is 112 g/mol. The van der Waals surface area contributed by atoms with Crippen molar-refractivity contribution in [1.82, 2.24) is 0 Å². The highest BCUT2D eigenvalue weighted by molar-refractivity contribution is 5.65. The van der Waals surface area contributed by atoms with Crippen LogP contribution in [0.5, 0.6) is 0 Å². The smallest absolute Gasteiger partial charge is 0.142 e. The van der Waals surface area contributed by atoms with Crippen LogP contribution in [0, 0.1) is 0 Å². The van der Waals surface area contributed by atoms with Crippen molar-refractivity contribution in [2.75, 3.05) is 0 Å². The molecule has 0 aromatic heterocycles. The second-order valence-electron chi connectivity index (χ2n) is 1.64. The summed E-state index contributed by atoms with van der Waals surface area (Å²) in [5.74, 6) is 0. The molecule has 0 aliphatic heterocycles. The van der Waals surface area contributed by atoms with E-state index in [0.29, 0.717) is 0 Å². The van der Waals surface area contributed by atoms with Crippen molar-refractivity contribution in [3.8, 4) is 0 Å². The fourth-order valence-corrected chi connectivity index (χ4v) is 0.433. The predicted octanol–water partition coefficient (Wildman–Crippen LogP) is 1.87. The minimum Gasteiger partial charge on any atom is -0.299 e. The van der Waals surface area contributed by atoms with Gasteiger partial charge in [-0.1, -0.05) is 30.4 Å². The van der Waals surface area contributed by atoms with Gasteiger partial charge in [0.2, 0.25) is 0 Å². The van der Waals surface area contributed by atoms with Gasteiger partial charge in [-0.3, -0.25) is 4.79 Å². The van der Waals surface area contributed by atoms with Gasteiger partial charge in [-0.05, 0) is 13.0 Å².